The van der Waals surface area contributed by atoms with Gasteiger partial charge in [0, 0.05) is 6.42 Å². The van der Waals surface area contributed by atoms with Crippen molar-refractivity contribution in [3.8, 4) is 5.75 Å². The zero-order chi connectivity index (χ0) is 17.7. The Labute approximate surface area is 145 Å². The summed E-state index contributed by atoms with van der Waals surface area (Å²) in [5, 5.41) is 0. The van der Waals surface area contributed by atoms with Crippen LogP contribution in [0.5, 0.6) is 5.75 Å². The molecule has 0 heterocycles. The van der Waals surface area contributed by atoms with E-state index in [0.717, 1.165) is 11.1 Å². The molecule has 0 aliphatic carbocycles. The lowest BCUT2D eigenvalue weighted by Crippen LogP contribution is -2.12. The molecule has 0 spiro atoms. The van der Waals surface area contributed by atoms with Gasteiger partial charge in [-0.1, -0.05) is 77.1 Å². The summed E-state index contributed by atoms with van der Waals surface area (Å²) in [5.41, 5.74) is 3.69. The lowest BCUT2D eigenvalue weighted by molar-refractivity contribution is -0.134. The third-order valence-corrected chi connectivity index (χ3v) is 4.20. The summed E-state index contributed by atoms with van der Waals surface area (Å²) >= 11 is 0. The minimum absolute atomic E-state index is 0.151. The summed E-state index contributed by atoms with van der Waals surface area (Å²) in [6.07, 6.45) is 1.09. The Kier molecular flexibility index (Phi) is 5.82. The van der Waals surface area contributed by atoms with Crippen LogP contribution in [0.3, 0.4) is 0 Å². The maximum absolute atomic E-state index is 12.2. The predicted molar refractivity (Wildman–Crippen MR) is 99.6 cm³/mol. The summed E-state index contributed by atoms with van der Waals surface area (Å²) in [7, 11) is 0. The molecule has 0 radical (unpaired) electrons. The van der Waals surface area contributed by atoms with E-state index in [0.29, 0.717) is 24.5 Å². The average Bonchev–Trinajstić information content (AvgIpc) is 2.53. The molecule has 128 valence electrons. The number of rotatable bonds is 5. The van der Waals surface area contributed by atoms with Gasteiger partial charge in [0.2, 0.25) is 0 Å². The largest absolute Gasteiger partial charge is 0.426 e. The Balaban J connectivity index is 1.94. The number of aryl methyl sites for hydroxylation is 1. The molecule has 0 aromatic heterocycles. The van der Waals surface area contributed by atoms with Crippen molar-refractivity contribution in [1.82, 2.24) is 0 Å². The van der Waals surface area contributed by atoms with E-state index in [1.165, 1.54) is 5.56 Å². The van der Waals surface area contributed by atoms with Gasteiger partial charge < -0.3 is 4.74 Å². The average molecular weight is 324 g/mol. The Morgan fingerprint density at radius 3 is 2.21 bits per heavy atom. The zero-order valence-corrected chi connectivity index (χ0v) is 15.4. The van der Waals surface area contributed by atoms with Crippen molar-refractivity contribution in [2.75, 3.05) is 0 Å². The second-order valence-electron chi connectivity index (χ2n) is 7.61. The Morgan fingerprint density at radius 2 is 1.62 bits per heavy atom. The van der Waals surface area contributed by atoms with Gasteiger partial charge in [-0.3, -0.25) is 4.79 Å². The van der Waals surface area contributed by atoms with Crippen molar-refractivity contribution in [3.63, 3.8) is 0 Å². The second-order valence-corrected chi connectivity index (χ2v) is 7.61. The highest BCUT2D eigenvalue weighted by atomic mass is 16.5. The monoisotopic (exact) mass is 324 g/mol. The molecule has 2 aromatic rings. The maximum atomic E-state index is 12.2. The quantitative estimate of drug-likeness (QED) is 0.525. The van der Waals surface area contributed by atoms with Crippen molar-refractivity contribution in [2.24, 2.45) is 0 Å². The molecule has 0 aliphatic heterocycles. The number of benzene rings is 2. The van der Waals surface area contributed by atoms with Gasteiger partial charge in [0.25, 0.3) is 0 Å². The third kappa shape index (κ3) is 4.95. The van der Waals surface area contributed by atoms with Gasteiger partial charge >= 0.3 is 5.97 Å². The van der Waals surface area contributed by atoms with Crippen LogP contribution in [0.4, 0.5) is 0 Å². The van der Waals surface area contributed by atoms with Crippen molar-refractivity contribution in [2.45, 2.75) is 58.8 Å². The lowest BCUT2D eigenvalue weighted by atomic mass is 9.86. The number of para-hydroxylation sites is 1. The molecule has 24 heavy (non-hydrogen) atoms. The molecule has 2 aromatic carbocycles. The SMILES string of the molecule is CC(C)c1ccccc1OC(=O)CCc1ccc(C(C)(C)C)cc1. The number of carbonyl (C=O) groups excluding carboxylic acids is 1. The van der Waals surface area contributed by atoms with Gasteiger partial charge in [-0.2, -0.15) is 0 Å². The molecule has 0 atom stereocenters. The molecular weight excluding hydrogens is 296 g/mol. The highest BCUT2D eigenvalue weighted by molar-refractivity contribution is 5.73. The summed E-state index contributed by atoms with van der Waals surface area (Å²) in [4.78, 5) is 12.2. The fourth-order valence-corrected chi connectivity index (χ4v) is 2.64. The van der Waals surface area contributed by atoms with E-state index < -0.39 is 0 Å². The van der Waals surface area contributed by atoms with E-state index in [-0.39, 0.29) is 11.4 Å². The summed E-state index contributed by atoms with van der Waals surface area (Å²) in [5.74, 6) is 0.836. The minimum Gasteiger partial charge on any atom is -0.426 e. The van der Waals surface area contributed by atoms with Crippen LogP contribution >= 0.6 is 0 Å². The molecule has 0 N–H and O–H groups in total. The fourth-order valence-electron chi connectivity index (χ4n) is 2.64. The van der Waals surface area contributed by atoms with Crippen molar-refractivity contribution in [1.29, 1.82) is 0 Å². The van der Waals surface area contributed by atoms with Crippen molar-refractivity contribution >= 4 is 5.97 Å². The smallest absolute Gasteiger partial charge is 0.311 e. The molecule has 2 heteroatoms. The van der Waals surface area contributed by atoms with Crippen LogP contribution in [0.15, 0.2) is 48.5 Å². The fraction of sp³-hybridized carbons (Fsp3) is 0.409. The highest BCUT2D eigenvalue weighted by Crippen LogP contribution is 2.26. The molecule has 0 aliphatic rings. The predicted octanol–water partition coefficient (Wildman–Crippen LogP) is 5.65. The van der Waals surface area contributed by atoms with E-state index >= 15 is 0 Å². The normalized spacial score (nSPS) is 11.6. The van der Waals surface area contributed by atoms with Crippen LogP contribution in [0.1, 0.15) is 63.6 Å². The van der Waals surface area contributed by atoms with Gasteiger partial charge in [-0.25, -0.2) is 0 Å². The van der Waals surface area contributed by atoms with Gasteiger partial charge in [-0.05, 0) is 40.5 Å². The number of carbonyl (C=O) groups is 1. The van der Waals surface area contributed by atoms with Gasteiger partial charge in [0.1, 0.15) is 5.75 Å². The number of hydrogen-bond acceptors (Lipinski definition) is 2. The standard InChI is InChI=1S/C22H28O2/c1-16(2)19-8-6-7-9-20(19)24-21(23)15-12-17-10-13-18(14-11-17)22(3,4)5/h6-11,13-14,16H,12,15H2,1-5H3. The van der Waals surface area contributed by atoms with Gasteiger partial charge in [0.05, 0.1) is 0 Å². The first-order valence-electron chi connectivity index (χ1n) is 8.66. The molecule has 0 fully saturated rings. The molecule has 0 saturated carbocycles. The first-order chi connectivity index (χ1) is 11.3. The topological polar surface area (TPSA) is 26.3 Å². The van der Waals surface area contributed by atoms with E-state index in [1.807, 2.05) is 24.3 Å². The summed E-state index contributed by atoms with van der Waals surface area (Å²) in [6, 6.07) is 16.3. The van der Waals surface area contributed by atoms with Crippen molar-refractivity contribution in [3.05, 3.63) is 65.2 Å². The molecular formula is C22H28O2. The molecule has 0 bridgehead atoms. The first kappa shape index (κ1) is 18.3. The zero-order valence-electron chi connectivity index (χ0n) is 15.4. The Hall–Kier alpha value is -2.09. The number of ether oxygens (including phenoxy) is 1. The van der Waals surface area contributed by atoms with Crippen LogP contribution in [-0.4, -0.2) is 5.97 Å². The van der Waals surface area contributed by atoms with E-state index in [4.69, 9.17) is 4.74 Å². The van der Waals surface area contributed by atoms with Crippen LogP contribution in [-0.2, 0) is 16.6 Å². The van der Waals surface area contributed by atoms with E-state index in [2.05, 4.69) is 58.9 Å². The Morgan fingerprint density at radius 1 is 1.00 bits per heavy atom. The van der Waals surface area contributed by atoms with Crippen LogP contribution in [0.2, 0.25) is 0 Å². The Bertz CT molecular complexity index is 676. The highest BCUT2D eigenvalue weighted by Gasteiger charge is 2.14. The molecule has 0 saturated heterocycles. The summed E-state index contributed by atoms with van der Waals surface area (Å²) < 4.78 is 5.57. The second kappa shape index (κ2) is 7.65. The minimum atomic E-state index is -0.178. The maximum Gasteiger partial charge on any atom is 0.311 e. The van der Waals surface area contributed by atoms with Crippen LogP contribution < -0.4 is 4.74 Å². The first-order valence-corrected chi connectivity index (χ1v) is 8.66. The van der Waals surface area contributed by atoms with Crippen LogP contribution in [0, 0.1) is 0 Å². The molecule has 2 rings (SSSR count). The van der Waals surface area contributed by atoms with E-state index in [9.17, 15) is 4.79 Å². The third-order valence-electron chi connectivity index (χ3n) is 4.20. The van der Waals surface area contributed by atoms with Gasteiger partial charge in [-0.15, -0.1) is 0 Å². The van der Waals surface area contributed by atoms with E-state index in [1.54, 1.807) is 0 Å². The van der Waals surface area contributed by atoms with Crippen molar-refractivity contribution < 1.29 is 9.53 Å². The van der Waals surface area contributed by atoms with Crippen LogP contribution in [0.25, 0.3) is 0 Å². The molecule has 2 nitrogen and oxygen atoms in total. The van der Waals surface area contributed by atoms with Gasteiger partial charge in [0.15, 0.2) is 0 Å². The molecule has 0 unspecified atom stereocenters. The lowest BCUT2D eigenvalue weighted by Gasteiger charge is -2.19. The molecule has 0 amide bonds. The number of hydrogen-bond donors (Lipinski definition) is 0. The summed E-state index contributed by atoms with van der Waals surface area (Å²) in [6.45, 7) is 10.8. The number of esters is 1.